The molecule has 28 heavy (non-hydrogen) atoms. The molecule has 7 nitrogen and oxygen atoms in total. The Kier molecular flexibility index (Phi) is 5.13. The third kappa shape index (κ3) is 3.78. The molecule has 1 aromatic heterocycles. The van der Waals surface area contributed by atoms with E-state index in [0.717, 1.165) is 0 Å². The molecule has 1 aromatic carbocycles. The predicted molar refractivity (Wildman–Crippen MR) is 99.4 cm³/mol. The van der Waals surface area contributed by atoms with Crippen molar-refractivity contribution in [1.82, 2.24) is 14.2 Å². The molecule has 2 aliphatic rings. The van der Waals surface area contributed by atoms with Gasteiger partial charge in [-0.3, -0.25) is 9.78 Å². The molecule has 2 aromatic rings. The van der Waals surface area contributed by atoms with Crippen LogP contribution in [-0.4, -0.2) is 66.1 Å². The van der Waals surface area contributed by atoms with E-state index in [-0.39, 0.29) is 31.4 Å². The first-order chi connectivity index (χ1) is 13.4. The summed E-state index contributed by atoms with van der Waals surface area (Å²) in [5.41, 5.74) is 1.05. The highest BCUT2D eigenvalue weighted by molar-refractivity contribution is 7.89. The van der Waals surface area contributed by atoms with Crippen LogP contribution in [0.25, 0.3) is 0 Å². The Balaban J connectivity index is 1.60. The molecular formula is C19H20FN3O4S. The Bertz CT molecular complexity index is 970. The number of pyridine rings is 1. The minimum absolute atomic E-state index is 0.0436. The number of carbonyl (C=O) groups excluding carboxylic acids is 1. The van der Waals surface area contributed by atoms with E-state index in [4.69, 9.17) is 4.74 Å². The average molecular weight is 405 g/mol. The van der Waals surface area contributed by atoms with Crippen molar-refractivity contribution in [3.8, 4) is 0 Å². The SMILES string of the molecule is O=C(c1ccncc1)N1C[C@@H]2OCCS(=O)(=O)N(Cc3cccc(F)c3)[C@@H]2C1. The second kappa shape index (κ2) is 7.57. The van der Waals surface area contributed by atoms with Gasteiger partial charge in [-0.25, -0.2) is 12.8 Å². The van der Waals surface area contributed by atoms with Crippen LogP contribution in [0, 0.1) is 5.82 Å². The first kappa shape index (κ1) is 19.0. The fourth-order valence-electron chi connectivity index (χ4n) is 3.70. The predicted octanol–water partition coefficient (Wildman–Crippen LogP) is 1.28. The summed E-state index contributed by atoms with van der Waals surface area (Å²) in [4.78, 5) is 18.3. The Labute approximate surface area is 162 Å². The van der Waals surface area contributed by atoms with Gasteiger partial charge < -0.3 is 9.64 Å². The molecule has 0 unspecified atom stereocenters. The Morgan fingerprint density at radius 2 is 2.00 bits per heavy atom. The van der Waals surface area contributed by atoms with E-state index in [2.05, 4.69) is 4.98 Å². The largest absolute Gasteiger partial charge is 0.374 e. The highest BCUT2D eigenvalue weighted by Crippen LogP contribution is 2.28. The van der Waals surface area contributed by atoms with Crippen molar-refractivity contribution in [2.75, 3.05) is 25.4 Å². The topological polar surface area (TPSA) is 79.8 Å². The van der Waals surface area contributed by atoms with Crippen molar-refractivity contribution in [2.45, 2.75) is 18.7 Å². The lowest BCUT2D eigenvalue weighted by molar-refractivity contribution is 0.0445. The molecule has 0 N–H and O–H groups in total. The molecule has 4 rings (SSSR count). The molecule has 2 fully saturated rings. The lowest BCUT2D eigenvalue weighted by Gasteiger charge is -2.28. The van der Waals surface area contributed by atoms with Gasteiger partial charge in [0.2, 0.25) is 10.0 Å². The number of ether oxygens (including phenoxy) is 1. The van der Waals surface area contributed by atoms with Gasteiger partial charge in [0.1, 0.15) is 5.82 Å². The summed E-state index contributed by atoms with van der Waals surface area (Å²) in [5, 5.41) is 0. The van der Waals surface area contributed by atoms with E-state index in [1.54, 1.807) is 41.6 Å². The van der Waals surface area contributed by atoms with Crippen LogP contribution in [0.2, 0.25) is 0 Å². The standard InChI is InChI=1S/C19H20FN3O4S/c20-16-3-1-2-14(10-16)11-23-17-12-22(19(24)15-4-6-21-7-5-15)13-18(17)27-8-9-28(23,25)26/h1-7,10,17-18H,8-9,11-13H2/t17-,18+/m1/s1. The van der Waals surface area contributed by atoms with Crippen LogP contribution in [0.15, 0.2) is 48.8 Å². The molecule has 2 atom stereocenters. The molecule has 0 aliphatic carbocycles. The summed E-state index contributed by atoms with van der Waals surface area (Å²) in [5.74, 6) is -0.742. The number of aromatic nitrogens is 1. The van der Waals surface area contributed by atoms with Crippen LogP contribution in [0.4, 0.5) is 4.39 Å². The number of hydrogen-bond acceptors (Lipinski definition) is 5. The van der Waals surface area contributed by atoms with E-state index in [1.165, 1.54) is 16.4 Å². The van der Waals surface area contributed by atoms with Gasteiger partial charge in [-0.05, 0) is 29.8 Å². The zero-order valence-corrected chi connectivity index (χ0v) is 15.9. The van der Waals surface area contributed by atoms with Crippen LogP contribution in [-0.2, 0) is 21.3 Å². The molecule has 0 radical (unpaired) electrons. The summed E-state index contributed by atoms with van der Waals surface area (Å²) < 4.78 is 46.3. The third-order valence-electron chi connectivity index (χ3n) is 5.08. The maximum absolute atomic E-state index is 13.6. The molecule has 9 heteroatoms. The Morgan fingerprint density at radius 3 is 2.75 bits per heavy atom. The van der Waals surface area contributed by atoms with Gasteiger partial charge in [0.25, 0.3) is 5.91 Å². The minimum atomic E-state index is -3.60. The van der Waals surface area contributed by atoms with Crippen molar-refractivity contribution in [3.05, 3.63) is 65.7 Å². The summed E-state index contributed by atoms with van der Waals surface area (Å²) in [7, 11) is -3.60. The molecule has 0 spiro atoms. The van der Waals surface area contributed by atoms with Gasteiger partial charge in [-0.2, -0.15) is 4.31 Å². The average Bonchev–Trinajstić information content (AvgIpc) is 3.05. The summed E-state index contributed by atoms with van der Waals surface area (Å²) in [6, 6.07) is 8.62. The smallest absolute Gasteiger partial charge is 0.254 e. The van der Waals surface area contributed by atoms with Gasteiger partial charge in [0.05, 0.1) is 24.5 Å². The Morgan fingerprint density at radius 1 is 1.21 bits per heavy atom. The van der Waals surface area contributed by atoms with E-state index >= 15 is 0 Å². The highest BCUT2D eigenvalue weighted by atomic mass is 32.2. The maximum Gasteiger partial charge on any atom is 0.254 e. The molecular weight excluding hydrogens is 385 g/mol. The second-order valence-electron chi connectivity index (χ2n) is 6.91. The van der Waals surface area contributed by atoms with Crippen molar-refractivity contribution in [3.63, 3.8) is 0 Å². The second-order valence-corrected chi connectivity index (χ2v) is 8.95. The van der Waals surface area contributed by atoms with Crippen molar-refractivity contribution >= 4 is 15.9 Å². The fourth-order valence-corrected chi connectivity index (χ4v) is 5.20. The maximum atomic E-state index is 13.6. The number of amides is 1. The van der Waals surface area contributed by atoms with E-state index in [9.17, 15) is 17.6 Å². The van der Waals surface area contributed by atoms with Gasteiger partial charge in [-0.15, -0.1) is 0 Å². The summed E-state index contributed by atoms with van der Waals surface area (Å²) >= 11 is 0. The number of fused-ring (bicyclic) bond motifs is 1. The molecule has 0 bridgehead atoms. The van der Waals surface area contributed by atoms with Crippen LogP contribution in [0.3, 0.4) is 0 Å². The number of likely N-dealkylation sites (tertiary alicyclic amines) is 1. The number of hydrogen-bond donors (Lipinski definition) is 0. The quantitative estimate of drug-likeness (QED) is 0.769. The van der Waals surface area contributed by atoms with E-state index in [1.807, 2.05) is 0 Å². The van der Waals surface area contributed by atoms with Gasteiger partial charge >= 0.3 is 0 Å². The lowest BCUT2D eigenvalue weighted by Crippen LogP contribution is -2.45. The van der Waals surface area contributed by atoms with Crippen molar-refractivity contribution < 1.29 is 22.3 Å². The molecule has 2 saturated heterocycles. The van der Waals surface area contributed by atoms with Gasteiger partial charge in [0.15, 0.2) is 0 Å². The molecule has 2 aliphatic heterocycles. The number of rotatable bonds is 3. The summed E-state index contributed by atoms with van der Waals surface area (Å²) in [6.07, 6.45) is 2.66. The van der Waals surface area contributed by atoms with Crippen molar-refractivity contribution in [2.24, 2.45) is 0 Å². The van der Waals surface area contributed by atoms with Crippen LogP contribution >= 0.6 is 0 Å². The van der Waals surface area contributed by atoms with Crippen LogP contribution in [0.5, 0.6) is 0 Å². The van der Waals surface area contributed by atoms with Crippen LogP contribution < -0.4 is 0 Å². The van der Waals surface area contributed by atoms with Gasteiger partial charge in [0, 0.05) is 37.6 Å². The molecule has 148 valence electrons. The number of benzene rings is 1. The number of nitrogens with zero attached hydrogens (tertiary/aromatic N) is 3. The summed E-state index contributed by atoms with van der Waals surface area (Å²) in [6.45, 7) is 0.643. The lowest BCUT2D eigenvalue weighted by atomic mass is 10.1. The molecule has 0 saturated carbocycles. The molecule has 1 amide bonds. The first-order valence-corrected chi connectivity index (χ1v) is 10.6. The van der Waals surface area contributed by atoms with Crippen LogP contribution in [0.1, 0.15) is 15.9 Å². The van der Waals surface area contributed by atoms with E-state index in [0.29, 0.717) is 17.7 Å². The monoisotopic (exact) mass is 405 g/mol. The first-order valence-electron chi connectivity index (χ1n) is 8.99. The van der Waals surface area contributed by atoms with Crippen molar-refractivity contribution in [1.29, 1.82) is 0 Å². The Hall–Kier alpha value is -2.36. The van der Waals surface area contributed by atoms with E-state index < -0.39 is 28.0 Å². The zero-order chi connectivity index (χ0) is 19.7. The highest BCUT2D eigenvalue weighted by Gasteiger charge is 2.45. The molecule has 3 heterocycles. The number of carbonyl (C=O) groups is 1. The minimum Gasteiger partial charge on any atom is -0.374 e. The van der Waals surface area contributed by atoms with Gasteiger partial charge in [-0.1, -0.05) is 12.1 Å². The zero-order valence-electron chi connectivity index (χ0n) is 15.1. The number of sulfonamides is 1. The third-order valence-corrected chi connectivity index (χ3v) is 6.88. The normalized spacial score (nSPS) is 24.5. The number of halogens is 1. The fraction of sp³-hybridized carbons (Fsp3) is 0.368.